The Morgan fingerprint density at radius 1 is 1.35 bits per heavy atom. The first-order valence-corrected chi connectivity index (χ1v) is 8.59. The molecule has 3 rings (SSSR count). The van der Waals surface area contributed by atoms with Gasteiger partial charge in [-0.3, -0.25) is 0 Å². The summed E-state index contributed by atoms with van der Waals surface area (Å²) >= 11 is 4.73. The highest BCUT2D eigenvalue weighted by Crippen LogP contribution is 2.36. The summed E-state index contributed by atoms with van der Waals surface area (Å²) in [5.74, 6) is 0.592. The molecule has 0 aliphatic carbocycles. The van der Waals surface area contributed by atoms with Gasteiger partial charge in [0.15, 0.2) is 4.34 Å². The van der Waals surface area contributed by atoms with Gasteiger partial charge in [0.05, 0.1) is 17.4 Å². The van der Waals surface area contributed by atoms with E-state index in [9.17, 15) is 4.79 Å². The zero-order chi connectivity index (χ0) is 13.9. The minimum Gasteiger partial charge on any atom is -0.465 e. The normalized spacial score (nSPS) is 10.8. The summed E-state index contributed by atoms with van der Waals surface area (Å²) in [6, 6.07) is 10.3. The Hall–Kier alpha value is -1.37. The molecular formula is C14H11NO2S3. The number of nitrogens with zero attached hydrogens (tertiary/aromatic N) is 1. The fourth-order valence-electron chi connectivity index (χ4n) is 1.74. The Kier molecular flexibility index (Phi) is 4.05. The number of thioether (sulfide) groups is 1. The van der Waals surface area contributed by atoms with Crippen LogP contribution in [-0.4, -0.2) is 18.1 Å². The molecule has 2 heterocycles. The van der Waals surface area contributed by atoms with Crippen molar-refractivity contribution in [1.29, 1.82) is 0 Å². The van der Waals surface area contributed by atoms with Crippen molar-refractivity contribution >= 4 is 49.9 Å². The SMILES string of the molecule is COC(=O)c1csc2nc(SCc3ccccc3)sc12. The van der Waals surface area contributed by atoms with Gasteiger partial charge in [-0.2, -0.15) is 0 Å². The summed E-state index contributed by atoms with van der Waals surface area (Å²) in [7, 11) is 1.40. The number of rotatable bonds is 4. The van der Waals surface area contributed by atoms with Crippen molar-refractivity contribution in [3.05, 3.63) is 46.8 Å². The number of fused-ring (bicyclic) bond motifs is 1. The van der Waals surface area contributed by atoms with E-state index in [-0.39, 0.29) is 5.97 Å². The molecule has 2 aromatic heterocycles. The van der Waals surface area contributed by atoms with E-state index in [1.54, 1.807) is 23.1 Å². The van der Waals surface area contributed by atoms with Crippen LogP contribution < -0.4 is 0 Å². The Bertz CT molecular complexity index is 733. The molecule has 0 aliphatic rings. The van der Waals surface area contributed by atoms with Crippen LogP contribution >= 0.6 is 34.4 Å². The van der Waals surface area contributed by atoms with Gasteiger partial charge in [-0.25, -0.2) is 9.78 Å². The molecule has 0 fully saturated rings. The first kappa shape index (κ1) is 13.6. The van der Waals surface area contributed by atoms with Crippen LogP contribution in [0.15, 0.2) is 40.1 Å². The standard InChI is InChI=1S/C14H11NO2S3/c1-17-13(16)10-8-18-12-11(10)20-14(15-12)19-7-9-5-3-2-4-6-9/h2-6,8H,7H2,1H3. The summed E-state index contributed by atoms with van der Waals surface area (Å²) in [4.78, 5) is 17.1. The van der Waals surface area contributed by atoms with Crippen molar-refractivity contribution in [2.24, 2.45) is 0 Å². The van der Waals surface area contributed by atoms with Crippen LogP contribution in [0.5, 0.6) is 0 Å². The molecular weight excluding hydrogens is 310 g/mol. The van der Waals surface area contributed by atoms with Crippen LogP contribution in [0.1, 0.15) is 15.9 Å². The summed E-state index contributed by atoms with van der Waals surface area (Å²) in [6.45, 7) is 0. The number of ether oxygens (including phenoxy) is 1. The Morgan fingerprint density at radius 2 is 2.15 bits per heavy atom. The molecule has 1 aromatic carbocycles. The van der Waals surface area contributed by atoms with Gasteiger partial charge in [0.25, 0.3) is 0 Å². The summed E-state index contributed by atoms with van der Waals surface area (Å²) < 4.78 is 6.70. The van der Waals surface area contributed by atoms with Gasteiger partial charge in [-0.05, 0) is 5.56 Å². The first-order chi connectivity index (χ1) is 9.78. The molecule has 102 valence electrons. The molecule has 0 atom stereocenters. The lowest BCUT2D eigenvalue weighted by Crippen LogP contribution is -1.98. The van der Waals surface area contributed by atoms with E-state index in [1.165, 1.54) is 24.0 Å². The molecule has 3 aromatic rings. The monoisotopic (exact) mass is 321 g/mol. The molecule has 0 saturated heterocycles. The molecule has 0 bridgehead atoms. The molecule has 3 nitrogen and oxygen atoms in total. The Morgan fingerprint density at radius 3 is 2.90 bits per heavy atom. The second-order valence-electron chi connectivity index (χ2n) is 4.03. The predicted octanol–water partition coefficient (Wildman–Crippen LogP) is 4.44. The average molecular weight is 321 g/mol. The van der Waals surface area contributed by atoms with E-state index < -0.39 is 0 Å². The van der Waals surface area contributed by atoms with E-state index >= 15 is 0 Å². The quantitative estimate of drug-likeness (QED) is 0.526. The van der Waals surface area contributed by atoms with Crippen LogP contribution in [0.25, 0.3) is 9.53 Å². The average Bonchev–Trinajstić information content (AvgIpc) is 3.05. The second-order valence-corrected chi connectivity index (χ2v) is 7.11. The number of aromatic nitrogens is 1. The molecule has 0 spiro atoms. The van der Waals surface area contributed by atoms with Crippen molar-refractivity contribution in [3.8, 4) is 0 Å². The van der Waals surface area contributed by atoms with E-state index in [4.69, 9.17) is 4.74 Å². The highest BCUT2D eigenvalue weighted by Gasteiger charge is 2.16. The number of benzene rings is 1. The van der Waals surface area contributed by atoms with Crippen LogP contribution in [0, 0.1) is 0 Å². The van der Waals surface area contributed by atoms with Crippen molar-refractivity contribution in [2.45, 2.75) is 10.1 Å². The largest absolute Gasteiger partial charge is 0.465 e. The number of esters is 1. The number of thiophene rings is 1. The van der Waals surface area contributed by atoms with E-state index in [1.807, 2.05) is 23.6 Å². The Balaban J connectivity index is 1.79. The summed E-state index contributed by atoms with van der Waals surface area (Å²) in [5, 5.41) is 1.81. The van der Waals surface area contributed by atoms with Gasteiger partial charge in [0, 0.05) is 11.1 Å². The fraction of sp³-hybridized carbons (Fsp3) is 0.143. The van der Waals surface area contributed by atoms with Gasteiger partial charge in [0.2, 0.25) is 0 Å². The number of hydrogen-bond donors (Lipinski definition) is 0. The maximum atomic E-state index is 11.6. The minimum absolute atomic E-state index is 0.292. The zero-order valence-electron chi connectivity index (χ0n) is 10.7. The summed E-state index contributed by atoms with van der Waals surface area (Å²) in [5.41, 5.74) is 1.89. The van der Waals surface area contributed by atoms with Crippen LogP contribution in [0.2, 0.25) is 0 Å². The molecule has 0 radical (unpaired) electrons. The molecule has 20 heavy (non-hydrogen) atoms. The maximum absolute atomic E-state index is 11.6. The smallest absolute Gasteiger partial charge is 0.340 e. The van der Waals surface area contributed by atoms with Crippen LogP contribution in [0.3, 0.4) is 0 Å². The second kappa shape index (κ2) is 5.95. The Labute approximate surface area is 128 Å². The molecule has 0 amide bonds. The number of carbonyl (C=O) groups excluding carboxylic acids is 1. The first-order valence-electron chi connectivity index (χ1n) is 5.91. The fourth-order valence-corrected chi connectivity index (χ4v) is 5.00. The van der Waals surface area contributed by atoms with E-state index in [0.29, 0.717) is 5.56 Å². The molecule has 0 saturated carbocycles. The predicted molar refractivity (Wildman–Crippen MR) is 84.8 cm³/mol. The number of methoxy groups -OCH3 is 1. The zero-order valence-corrected chi connectivity index (χ0v) is 13.1. The van der Waals surface area contributed by atoms with E-state index in [2.05, 4.69) is 17.1 Å². The van der Waals surface area contributed by atoms with Gasteiger partial charge in [0.1, 0.15) is 4.83 Å². The third-order valence-electron chi connectivity index (χ3n) is 2.72. The number of hydrogen-bond acceptors (Lipinski definition) is 6. The van der Waals surface area contributed by atoms with Gasteiger partial charge >= 0.3 is 5.97 Å². The highest BCUT2D eigenvalue weighted by molar-refractivity contribution is 8.00. The highest BCUT2D eigenvalue weighted by atomic mass is 32.2. The van der Waals surface area contributed by atoms with Crippen molar-refractivity contribution < 1.29 is 9.53 Å². The minimum atomic E-state index is -0.292. The third kappa shape index (κ3) is 2.72. The van der Waals surface area contributed by atoms with Crippen molar-refractivity contribution in [1.82, 2.24) is 4.98 Å². The topological polar surface area (TPSA) is 39.2 Å². The molecule has 0 unspecified atom stereocenters. The van der Waals surface area contributed by atoms with Crippen molar-refractivity contribution in [3.63, 3.8) is 0 Å². The molecule has 0 N–H and O–H groups in total. The van der Waals surface area contributed by atoms with Crippen LogP contribution in [0.4, 0.5) is 0 Å². The van der Waals surface area contributed by atoms with Gasteiger partial charge < -0.3 is 4.74 Å². The summed E-state index contributed by atoms with van der Waals surface area (Å²) in [6.07, 6.45) is 0. The van der Waals surface area contributed by atoms with E-state index in [0.717, 1.165) is 19.6 Å². The van der Waals surface area contributed by atoms with Gasteiger partial charge in [-0.1, -0.05) is 42.1 Å². The number of carbonyl (C=O) groups is 1. The maximum Gasteiger partial charge on any atom is 0.340 e. The van der Waals surface area contributed by atoms with Gasteiger partial charge in [-0.15, -0.1) is 22.7 Å². The third-order valence-corrected chi connectivity index (χ3v) is 6.02. The lowest BCUT2D eigenvalue weighted by molar-refractivity contribution is 0.0603. The lowest BCUT2D eigenvalue weighted by Gasteiger charge is -1.97. The van der Waals surface area contributed by atoms with Crippen molar-refractivity contribution in [2.75, 3.05) is 7.11 Å². The number of thiazole rings is 1. The van der Waals surface area contributed by atoms with Crippen LogP contribution in [-0.2, 0) is 10.5 Å². The molecule has 6 heteroatoms. The lowest BCUT2D eigenvalue weighted by atomic mass is 10.2. The molecule has 0 aliphatic heterocycles.